The lowest BCUT2D eigenvalue weighted by Gasteiger charge is -2.17. The van der Waals surface area contributed by atoms with Gasteiger partial charge < -0.3 is 9.73 Å². The molecule has 0 radical (unpaired) electrons. The molecule has 0 saturated carbocycles. The van der Waals surface area contributed by atoms with Gasteiger partial charge in [-0.3, -0.25) is 0 Å². The van der Waals surface area contributed by atoms with Crippen molar-refractivity contribution >= 4 is 23.2 Å². The molecule has 0 fully saturated rings. The summed E-state index contributed by atoms with van der Waals surface area (Å²) in [5, 5.41) is 4.07. The second-order valence-corrected chi connectivity index (χ2v) is 5.33. The van der Waals surface area contributed by atoms with E-state index in [2.05, 4.69) is 12.2 Å². The molecule has 0 bridgehead atoms. The van der Waals surface area contributed by atoms with Crippen LogP contribution in [-0.2, 0) is 6.42 Å². The van der Waals surface area contributed by atoms with Gasteiger partial charge in [0, 0.05) is 10.6 Å². The molecule has 0 saturated heterocycles. The van der Waals surface area contributed by atoms with Gasteiger partial charge in [-0.05, 0) is 55.3 Å². The van der Waals surface area contributed by atoms with Crippen LogP contribution in [0.2, 0.25) is 10.2 Å². The Labute approximate surface area is 127 Å². The summed E-state index contributed by atoms with van der Waals surface area (Å²) >= 11 is 11.9. The highest BCUT2D eigenvalue weighted by molar-refractivity contribution is 6.31. The van der Waals surface area contributed by atoms with E-state index in [4.69, 9.17) is 27.6 Å². The van der Waals surface area contributed by atoms with E-state index < -0.39 is 0 Å². The van der Waals surface area contributed by atoms with Crippen LogP contribution < -0.4 is 5.32 Å². The van der Waals surface area contributed by atoms with Gasteiger partial charge in [-0.25, -0.2) is 4.39 Å². The first-order valence-corrected chi connectivity index (χ1v) is 7.29. The van der Waals surface area contributed by atoms with Crippen molar-refractivity contribution in [3.8, 4) is 0 Å². The van der Waals surface area contributed by atoms with E-state index >= 15 is 0 Å². The maximum Gasteiger partial charge on any atom is 0.193 e. The van der Waals surface area contributed by atoms with Crippen LogP contribution in [0.25, 0.3) is 0 Å². The van der Waals surface area contributed by atoms with Crippen LogP contribution in [0.4, 0.5) is 4.39 Å². The van der Waals surface area contributed by atoms with Crippen LogP contribution in [0.5, 0.6) is 0 Å². The second kappa shape index (κ2) is 7.11. The van der Waals surface area contributed by atoms with Crippen molar-refractivity contribution in [2.24, 2.45) is 0 Å². The quantitative estimate of drug-likeness (QED) is 0.810. The summed E-state index contributed by atoms with van der Waals surface area (Å²) in [5.74, 6) is 0.376. The lowest BCUT2D eigenvalue weighted by molar-refractivity contribution is 0.407. The SMILES string of the molecule is CCCNC(Cc1c(F)cccc1Cl)c1ccc(Cl)o1. The van der Waals surface area contributed by atoms with Gasteiger partial charge in [0.1, 0.15) is 11.6 Å². The molecule has 1 N–H and O–H groups in total. The Morgan fingerprint density at radius 3 is 2.65 bits per heavy atom. The van der Waals surface area contributed by atoms with Crippen molar-refractivity contribution in [3.05, 3.63) is 57.7 Å². The fourth-order valence-electron chi connectivity index (χ4n) is 2.04. The van der Waals surface area contributed by atoms with E-state index in [-0.39, 0.29) is 11.9 Å². The summed E-state index contributed by atoms with van der Waals surface area (Å²) in [5.41, 5.74) is 0.482. The maximum absolute atomic E-state index is 13.9. The molecule has 0 aliphatic rings. The normalized spacial score (nSPS) is 12.6. The topological polar surface area (TPSA) is 25.2 Å². The predicted octanol–water partition coefficient (Wildman–Crippen LogP) is 5.01. The Kier molecular flexibility index (Phi) is 5.46. The molecular formula is C15H16Cl2FNO. The van der Waals surface area contributed by atoms with Gasteiger partial charge in [0.25, 0.3) is 0 Å². The predicted molar refractivity (Wildman–Crippen MR) is 79.9 cm³/mol. The van der Waals surface area contributed by atoms with Crippen LogP contribution in [0.15, 0.2) is 34.7 Å². The largest absolute Gasteiger partial charge is 0.448 e. The molecule has 1 aromatic heterocycles. The molecule has 2 aromatic rings. The molecule has 20 heavy (non-hydrogen) atoms. The summed E-state index contributed by atoms with van der Waals surface area (Å²) in [6.45, 7) is 2.87. The van der Waals surface area contributed by atoms with Crippen molar-refractivity contribution in [2.45, 2.75) is 25.8 Å². The smallest absolute Gasteiger partial charge is 0.193 e. The van der Waals surface area contributed by atoms with E-state index in [0.29, 0.717) is 28.0 Å². The number of hydrogen-bond donors (Lipinski definition) is 1. The third-order valence-corrected chi connectivity index (χ3v) is 3.61. The fourth-order valence-corrected chi connectivity index (χ4v) is 2.43. The molecular weight excluding hydrogens is 300 g/mol. The summed E-state index contributed by atoms with van der Waals surface area (Å²) in [6.07, 6.45) is 1.38. The first-order chi connectivity index (χ1) is 9.61. The lowest BCUT2D eigenvalue weighted by Crippen LogP contribution is -2.24. The fraction of sp³-hybridized carbons (Fsp3) is 0.333. The Morgan fingerprint density at radius 2 is 2.05 bits per heavy atom. The molecule has 0 amide bonds. The molecule has 1 heterocycles. The first kappa shape index (κ1) is 15.4. The number of rotatable bonds is 6. The summed E-state index contributed by atoms with van der Waals surface area (Å²) in [6, 6.07) is 8.01. The van der Waals surface area contributed by atoms with E-state index in [1.807, 2.05) is 0 Å². The number of halogens is 3. The zero-order valence-corrected chi connectivity index (χ0v) is 12.6. The van der Waals surface area contributed by atoms with Gasteiger partial charge in [-0.1, -0.05) is 24.6 Å². The summed E-state index contributed by atoms with van der Waals surface area (Å²) in [7, 11) is 0. The Balaban J connectivity index is 2.23. The molecule has 1 unspecified atom stereocenters. The van der Waals surface area contributed by atoms with Crippen molar-refractivity contribution in [1.82, 2.24) is 5.32 Å². The Hall–Kier alpha value is -1.03. The van der Waals surface area contributed by atoms with Crippen molar-refractivity contribution < 1.29 is 8.81 Å². The van der Waals surface area contributed by atoms with Crippen molar-refractivity contribution in [3.63, 3.8) is 0 Å². The minimum atomic E-state index is -0.307. The van der Waals surface area contributed by atoms with E-state index in [1.54, 1.807) is 24.3 Å². The average molecular weight is 316 g/mol. The minimum absolute atomic E-state index is 0.156. The van der Waals surface area contributed by atoms with Gasteiger partial charge in [0.05, 0.1) is 6.04 Å². The van der Waals surface area contributed by atoms with Crippen LogP contribution in [0.1, 0.15) is 30.7 Å². The Bertz CT molecular complexity index is 551. The molecule has 108 valence electrons. The summed E-state index contributed by atoms with van der Waals surface area (Å²) < 4.78 is 19.3. The number of hydrogen-bond acceptors (Lipinski definition) is 2. The molecule has 0 aliphatic carbocycles. The van der Waals surface area contributed by atoms with E-state index in [1.165, 1.54) is 6.07 Å². The molecule has 5 heteroatoms. The summed E-state index contributed by atoms with van der Waals surface area (Å²) in [4.78, 5) is 0. The minimum Gasteiger partial charge on any atom is -0.448 e. The zero-order chi connectivity index (χ0) is 14.5. The highest BCUT2D eigenvalue weighted by Gasteiger charge is 2.19. The highest BCUT2D eigenvalue weighted by Crippen LogP contribution is 2.27. The standard InChI is InChI=1S/C15H16Cl2FNO/c1-2-8-19-13(14-6-7-15(17)20-14)9-10-11(16)4-3-5-12(10)18/h3-7,13,19H,2,8-9H2,1H3. The van der Waals surface area contributed by atoms with Gasteiger partial charge in [-0.15, -0.1) is 0 Å². The first-order valence-electron chi connectivity index (χ1n) is 6.53. The molecule has 1 atom stereocenters. The monoisotopic (exact) mass is 315 g/mol. The highest BCUT2D eigenvalue weighted by atomic mass is 35.5. The molecule has 1 aromatic carbocycles. The van der Waals surface area contributed by atoms with Crippen molar-refractivity contribution in [2.75, 3.05) is 6.54 Å². The maximum atomic E-state index is 13.9. The second-order valence-electron chi connectivity index (χ2n) is 4.55. The molecule has 0 spiro atoms. The number of benzene rings is 1. The third-order valence-electron chi connectivity index (χ3n) is 3.05. The molecule has 2 rings (SSSR count). The van der Waals surface area contributed by atoms with E-state index in [9.17, 15) is 4.39 Å². The molecule has 0 aliphatic heterocycles. The van der Waals surface area contributed by atoms with E-state index in [0.717, 1.165) is 13.0 Å². The lowest BCUT2D eigenvalue weighted by atomic mass is 10.0. The Morgan fingerprint density at radius 1 is 1.25 bits per heavy atom. The van der Waals surface area contributed by atoms with Crippen LogP contribution in [-0.4, -0.2) is 6.54 Å². The van der Waals surface area contributed by atoms with Gasteiger partial charge in [-0.2, -0.15) is 0 Å². The van der Waals surface area contributed by atoms with Crippen LogP contribution in [0, 0.1) is 5.82 Å². The van der Waals surface area contributed by atoms with Gasteiger partial charge >= 0.3 is 0 Å². The number of nitrogens with one attached hydrogen (secondary N) is 1. The average Bonchev–Trinajstić information content (AvgIpc) is 2.84. The van der Waals surface area contributed by atoms with Crippen molar-refractivity contribution in [1.29, 1.82) is 0 Å². The van der Waals surface area contributed by atoms with Crippen LogP contribution >= 0.6 is 23.2 Å². The van der Waals surface area contributed by atoms with Gasteiger partial charge in [0.15, 0.2) is 5.22 Å². The number of furan rings is 1. The zero-order valence-electron chi connectivity index (χ0n) is 11.1. The third kappa shape index (κ3) is 3.75. The molecule has 2 nitrogen and oxygen atoms in total. The van der Waals surface area contributed by atoms with Gasteiger partial charge in [0.2, 0.25) is 0 Å². The van der Waals surface area contributed by atoms with Crippen LogP contribution in [0.3, 0.4) is 0 Å².